The highest BCUT2D eigenvalue weighted by Gasteiger charge is 2.09. The summed E-state index contributed by atoms with van der Waals surface area (Å²) in [5.41, 5.74) is 0.480. The summed E-state index contributed by atoms with van der Waals surface area (Å²) in [6.45, 7) is 0. The molecule has 0 bridgehead atoms. The molecule has 0 fully saturated rings. The van der Waals surface area contributed by atoms with E-state index in [0.29, 0.717) is 17.2 Å². The number of hydrogen-bond donors (Lipinski definition) is 2. The maximum absolute atomic E-state index is 11.5. The molecule has 0 unspecified atom stereocenters. The molecule has 6 nitrogen and oxygen atoms in total. The molecular weight excluding hydrogens is 272 g/mol. The number of nitrogens with one attached hydrogen (secondary N) is 2. The smallest absolute Gasteiger partial charge is 0.325 e. The van der Waals surface area contributed by atoms with Crippen LogP contribution >= 0.6 is 11.6 Å². The van der Waals surface area contributed by atoms with Gasteiger partial charge in [-0.15, -0.1) is 11.6 Å². The molecule has 0 aliphatic heterocycles. The highest BCUT2D eigenvalue weighted by atomic mass is 35.5. The number of urea groups is 1. The van der Waals surface area contributed by atoms with E-state index in [1.54, 1.807) is 18.2 Å². The normalized spacial score (nSPS) is 9.63. The van der Waals surface area contributed by atoms with Gasteiger partial charge < -0.3 is 14.8 Å². The Hall–Kier alpha value is -1.95. The van der Waals surface area contributed by atoms with Crippen molar-refractivity contribution in [2.45, 2.75) is 6.42 Å². The summed E-state index contributed by atoms with van der Waals surface area (Å²) >= 11 is 5.39. The summed E-state index contributed by atoms with van der Waals surface area (Å²) in [6.07, 6.45) is 0.0842. The molecule has 0 aromatic heterocycles. The second-order valence-electron chi connectivity index (χ2n) is 3.51. The third-order valence-corrected chi connectivity index (χ3v) is 2.40. The first kappa shape index (κ1) is 15.1. The predicted octanol–water partition coefficient (Wildman–Crippen LogP) is 1.98. The minimum Gasteiger partial charge on any atom is -0.493 e. The molecule has 104 valence electrons. The van der Waals surface area contributed by atoms with Crippen LogP contribution in [-0.2, 0) is 4.79 Å². The number of halogens is 1. The Kier molecular flexibility index (Phi) is 5.95. The Balaban J connectivity index is 2.66. The maximum Gasteiger partial charge on any atom is 0.325 e. The fourth-order valence-corrected chi connectivity index (χ4v) is 1.52. The van der Waals surface area contributed by atoms with Crippen LogP contribution in [0.25, 0.3) is 0 Å². The molecule has 2 N–H and O–H groups in total. The van der Waals surface area contributed by atoms with Gasteiger partial charge in [-0.1, -0.05) is 0 Å². The van der Waals surface area contributed by atoms with Crippen LogP contribution in [0.1, 0.15) is 6.42 Å². The number of imide groups is 1. The molecule has 7 heteroatoms. The monoisotopic (exact) mass is 286 g/mol. The zero-order valence-corrected chi connectivity index (χ0v) is 11.4. The number of anilines is 1. The number of hydrogen-bond acceptors (Lipinski definition) is 4. The van der Waals surface area contributed by atoms with Crippen molar-refractivity contribution >= 4 is 29.2 Å². The number of alkyl halides is 1. The van der Waals surface area contributed by atoms with Gasteiger partial charge in [0.05, 0.1) is 14.2 Å². The summed E-state index contributed by atoms with van der Waals surface area (Å²) in [6, 6.07) is 4.24. The van der Waals surface area contributed by atoms with Crippen LogP contribution < -0.4 is 20.1 Å². The van der Waals surface area contributed by atoms with E-state index in [4.69, 9.17) is 21.1 Å². The minimum absolute atomic E-state index is 0.0842. The SMILES string of the molecule is COc1ccc(NC(=O)NC(=O)CCCl)cc1OC. The van der Waals surface area contributed by atoms with Crippen molar-refractivity contribution in [1.29, 1.82) is 0 Å². The number of ether oxygens (including phenoxy) is 2. The van der Waals surface area contributed by atoms with Gasteiger partial charge in [-0.25, -0.2) is 4.79 Å². The van der Waals surface area contributed by atoms with Crippen LogP contribution in [0.4, 0.5) is 10.5 Å². The number of amides is 3. The summed E-state index contributed by atoms with van der Waals surface area (Å²) in [5, 5.41) is 4.66. The minimum atomic E-state index is -0.623. The van der Waals surface area contributed by atoms with Crippen molar-refractivity contribution < 1.29 is 19.1 Å². The second-order valence-corrected chi connectivity index (χ2v) is 3.89. The highest BCUT2D eigenvalue weighted by Crippen LogP contribution is 2.29. The van der Waals surface area contributed by atoms with E-state index >= 15 is 0 Å². The van der Waals surface area contributed by atoms with Gasteiger partial charge >= 0.3 is 6.03 Å². The van der Waals surface area contributed by atoms with Gasteiger partial charge in [0.15, 0.2) is 11.5 Å². The average Bonchev–Trinajstić information content (AvgIpc) is 2.38. The molecule has 1 aromatic rings. The Morgan fingerprint density at radius 1 is 1.21 bits per heavy atom. The molecule has 19 heavy (non-hydrogen) atoms. The largest absolute Gasteiger partial charge is 0.493 e. The molecule has 0 aliphatic carbocycles. The van der Waals surface area contributed by atoms with Crippen molar-refractivity contribution in [1.82, 2.24) is 5.32 Å². The van der Waals surface area contributed by atoms with Crippen molar-refractivity contribution in [3.63, 3.8) is 0 Å². The van der Waals surface area contributed by atoms with Gasteiger partial charge in [0.2, 0.25) is 5.91 Å². The molecule has 3 amide bonds. The number of rotatable bonds is 5. The van der Waals surface area contributed by atoms with E-state index in [2.05, 4.69) is 10.6 Å². The molecule has 0 aliphatic rings. The van der Waals surface area contributed by atoms with E-state index < -0.39 is 11.9 Å². The van der Waals surface area contributed by atoms with Crippen LogP contribution in [-0.4, -0.2) is 32.0 Å². The van der Waals surface area contributed by atoms with Crippen molar-refractivity contribution in [3.05, 3.63) is 18.2 Å². The number of carbonyl (C=O) groups excluding carboxylic acids is 2. The molecule has 0 radical (unpaired) electrons. The number of carbonyl (C=O) groups is 2. The van der Waals surface area contributed by atoms with E-state index in [-0.39, 0.29) is 12.3 Å². The van der Waals surface area contributed by atoms with Gasteiger partial charge in [0, 0.05) is 24.1 Å². The first-order valence-electron chi connectivity index (χ1n) is 5.49. The van der Waals surface area contributed by atoms with Gasteiger partial charge in [-0.2, -0.15) is 0 Å². The third kappa shape index (κ3) is 4.67. The van der Waals surface area contributed by atoms with Gasteiger partial charge in [-0.3, -0.25) is 10.1 Å². The Labute approximate surface area is 116 Å². The van der Waals surface area contributed by atoms with Gasteiger partial charge in [0.25, 0.3) is 0 Å². The van der Waals surface area contributed by atoms with E-state index in [9.17, 15) is 9.59 Å². The molecule has 0 saturated heterocycles. The summed E-state index contributed by atoms with van der Waals surface area (Å²) < 4.78 is 10.2. The highest BCUT2D eigenvalue weighted by molar-refractivity contribution is 6.19. The van der Waals surface area contributed by atoms with Gasteiger partial charge in [-0.05, 0) is 12.1 Å². The van der Waals surface area contributed by atoms with E-state index in [1.165, 1.54) is 14.2 Å². The van der Waals surface area contributed by atoms with Crippen molar-refractivity contribution in [2.75, 3.05) is 25.4 Å². The zero-order valence-electron chi connectivity index (χ0n) is 10.7. The van der Waals surface area contributed by atoms with E-state index in [0.717, 1.165) is 0 Å². The molecule has 0 heterocycles. The molecule has 0 atom stereocenters. The van der Waals surface area contributed by atoms with Crippen LogP contribution in [0.15, 0.2) is 18.2 Å². The lowest BCUT2D eigenvalue weighted by molar-refractivity contribution is -0.119. The van der Waals surface area contributed by atoms with Crippen LogP contribution in [0.2, 0.25) is 0 Å². The Morgan fingerprint density at radius 2 is 1.89 bits per heavy atom. The van der Waals surface area contributed by atoms with Crippen molar-refractivity contribution in [3.8, 4) is 11.5 Å². The van der Waals surface area contributed by atoms with Crippen LogP contribution in [0.3, 0.4) is 0 Å². The first-order chi connectivity index (χ1) is 9.10. The maximum atomic E-state index is 11.5. The summed E-state index contributed by atoms with van der Waals surface area (Å²) in [7, 11) is 3.01. The predicted molar refractivity (Wildman–Crippen MR) is 72.0 cm³/mol. The fraction of sp³-hybridized carbons (Fsp3) is 0.333. The molecule has 1 aromatic carbocycles. The summed E-state index contributed by atoms with van der Waals surface area (Å²) in [5.74, 6) is 0.752. The van der Waals surface area contributed by atoms with Crippen LogP contribution in [0, 0.1) is 0 Å². The molecule has 1 rings (SSSR count). The Bertz CT molecular complexity index is 465. The average molecular weight is 287 g/mol. The molecule has 0 saturated carbocycles. The lowest BCUT2D eigenvalue weighted by atomic mass is 10.3. The molecular formula is C12H15ClN2O4. The fourth-order valence-electron chi connectivity index (χ4n) is 1.35. The second kappa shape index (κ2) is 7.48. The van der Waals surface area contributed by atoms with E-state index in [1.807, 2.05) is 0 Å². The van der Waals surface area contributed by atoms with Crippen molar-refractivity contribution in [2.24, 2.45) is 0 Å². The third-order valence-electron chi connectivity index (χ3n) is 2.22. The first-order valence-corrected chi connectivity index (χ1v) is 6.03. The lowest BCUT2D eigenvalue weighted by Gasteiger charge is -2.10. The molecule has 0 spiro atoms. The standard InChI is InChI=1S/C12H15ClN2O4/c1-18-9-4-3-8(7-10(9)19-2)14-12(17)15-11(16)5-6-13/h3-4,7H,5-6H2,1-2H3,(H2,14,15,16,17). The number of methoxy groups -OCH3 is 2. The number of benzene rings is 1. The van der Waals surface area contributed by atoms with Gasteiger partial charge in [0.1, 0.15) is 0 Å². The Morgan fingerprint density at radius 3 is 2.47 bits per heavy atom. The lowest BCUT2D eigenvalue weighted by Crippen LogP contribution is -2.34. The topological polar surface area (TPSA) is 76.7 Å². The summed E-state index contributed by atoms with van der Waals surface area (Å²) in [4.78, 5) is 22.7. The zero-order chi connectivity index (χ0) is 14.3. The quantitative estimate of drug-likeness (QED) is 0.812. The van der Waals surface area contributed by atoms with Crippen LogP contribution in [0.5, 0.6) is 11.5 Å².